The quantitative estimate of drug-likeness (QED) is 0.693. The summed E-state index contributed by atoms with van der Waals surface area (Å²) in [5.41, 5.74) is 1.07. The summed E-state index contributed by atoms with van der Waals surface area (Å²) in [5, 5.41) is 0. The molecule has 1 fully saturated rings. The highest BCUT2D eigenvalue weighted by Gasteiger charge is 2.24. The lowest BCUT2D eigenvalue weighted by atomic mass is 9.79. The van der Waals surface area contributed by atoms with Gasteiger partial charge >= 0.3 is 0 Å². The lowest BCUT2D eigenvalue weighted by Crippen LogP contribution is -2.13. The number of hydrogen-bond donors (Lipinski definition) is 0. The van der Waals surface area contributed by atoms with E-state index < -0.39 is 11.6 Å². The molecular weight excluding hydrogens is 218 g/mol. The Hall–Kier alpha value is -0.920. The van der Waals surface area contributed by atoms with Crippen molar-refractivity contribution >= 4 is 0 Å². The van der Waals surface area contributed by atoms with Gasteiger partial charge in [-0.15, -0.1) is 0 Å². The van der Waals surface area contributed by atoms with E-state index in [-0.39, 0.29) is 5.92 Å². The third kappa shape index (κ3) is 2.51. The Morgan fingerprint density at radius 1 is 1.06 bits per heavy atom. The lowest BCUT2D eigenvalue weighted by molar-refractivity contribution is 0.339. The Bertz CT molecular complexity index is 390. The van der Waals surface area contributed by atoms with Crippen LogP contribution in [0.2, 0.25) is 0 Å². The van der Waals surface area contributed by atoms with E-state index in [1.807, 2.05) is 6.92 Å². The monoisotopic (exact) mass is 238 g/mol. The van der Waals surface area contributed by atoms with Gasteiger partial charge in [0.15, 0.2) is 11.6 Å². The molecule has 0 saturated heterocycles. The average molecular weight is 238 g/mol. The van der Waals surface area contributed by atoms with Crippen LogP contribution in [0, 0.1) is 17.6 Å². The van der Waals surface area contributed by atoms with E-state index in [0.717, 1.165) is 31.6 Å². The van der Waals surface area contributed by atoms with Crippen LogP contribution in [0.3, 0.4) is 0 Å². The van der Waals surface area contributed by atoms with Gasteiger partial charge in [-0.25, -0.2) is 8.78 Å². The smallest absolute Gasteiger partial charge is 0.162 e. The number of halogens is 2. The second kappa shape index (κ2) is 5.16. The molecule has 0 aliphatic heterocycles. The molecule has 1 aromatic carbocycles. The van der Waals surface area contributed by atoms with Crippen LogP contribution >= 0.6 is 0 Å². The Labute approximate surface area is 102 Å². The largest absolute Gasteiger partial charge is 0.203 e. The second-order valence-electron chi connectivity index (χ2n) is 5.25. The van der Waals surface area contributed by atoms with Crippen molar-refractivity contribution in [3.8, 4) is 0 Å². The van der Waals surface area contributed by atoms with Gasteiger partial charge < -0.3 is 0 Å². The summed E-state index contributed by atoms with van der Waals surface area (Å²) in [6.07, 6.45) is 4.78. The van der Waals surface area contributed by atoms with E-state index in [4.69, 9.17) is 0 Å². The summed E-state index contributed by atoms with van der Waals surface area (Å²) in [6, 6.07) is 3.53. The van der Waals surface area contributed by atoms with E-state index in [2.05, 4.69) is 6.92 Å². The van der Waals surface area contributed by atoms with Gasteiger partial charge in [-0.05, 0) is 42.2 Å². The summed E-state index contributed by atoms with van der Waals surface area (Å²) in [6.45, 7) is 4.08. The zero-order chi connectivity index (χ0) is 12.4. The van der Waals surface area contributed by atoms with E-state index >= 15 is 0 Å². The van der Waals surface area contributed by atoms with Crippen molar-refractivity contribution in [2.75, 3.05) is 0 Å². The molecule has 0 bridgehead atoms. The van der Waals surface area contributed by atoms with Crippen molar-refractivity contribution in [3.05, 3.63) is 34.9 Å². The molecule has 0 nitrogen and oxygen atoms in total. The SMILES string of the molecule is CCc1ccc(C2CCC(C)CC2)c(F)c1F. The van der Waals surface area contributed by atoms with Gasteiger partial charge in [0.05, 0.1) is 0 Å². The third-order valence-electron chi connectivity index (χ3n) is 4.03. The van der Waals surface area contributed by atoms with Crippen molar-refractivity contribution < 1.29 is 8.78 Å². The van der Waals surface area contributed by atoms with Crippen LogP contribution in [-0.2, 0) is 6.42 Å². The molecule has 1 aliphatic carbocycles. The first-order valence-corrected chi connectivity index (χ1v) is 6.60. The molecule has 0 unspecified atom stereocenters. The molecule has 0 spiro atoms. The summed E-state index contributed by atoms with van der Waals surface area (Å²) < 4.78 is 27.7. The van der Waals surface area contributed by atoms with Crippen molar-refractivity contribution in [3.63, 3.8) is 0 Å². The van der Waals surface area contributed by atoms with Gasteiger partial charge in [0, 0.05) is 0 Å². The Morgan fingerprint density at radius 2 is 1.71 bits per heavy atom. The van der Waals surface area contributed by atoms with Crippen LogP contribution in [0.5, 0.6) is 0 Å². The fourth-order valence-corrected chi connectivity index (χ4v) is 2.76. The van der Waals surface area contributed by atoms with Crippen LogP contribution in [-0.4, -0.2) is 0 Å². The fourth-order valence-electron chi connectivity index (χ4n) is 2.76. The minimum atomic E-state index is -0.636. The first-order valence-electron chi connectivity index (χ1n) is 6.60. The summed E-state index contributed by atoms with van der Waals surface area (Å²) in [5.74, 6) is -0.298. The summed E-state index contributed by atoms with van der Waals surface area (Å²) >= 11 is 0. The van der Waals surface area contributed by atoms with Crippen molar-refractivity contribution in [1.82, 2.24) is 0 Å². The Balaban J connectivity index is 2.24. The molecule has 1 saturated carbocycles. The van der Waals surface area contributed by atoms with E-state index in [1.54, 1.807) is 12.1 Å². The molecule has 94 valence electrons. The van der Waals surface area contributed by atoms with Crippen molar-refractivity contribution in [2.24, 2.45) is 5.92 Å². The molecule has 0 amide bonds. The topological polar surface area (TPSA) is 0 Å². The lowest BCUT2D eigenvalue weighted by Gasteiger charge is -2.27. The molecule has 1 aliphatic rings. The van der Waals surface area contributed by atoms with E-state index in [1.165, 1.54) is 0 Å². The molecule has 0 aromatic heterocycles. The summed E-state index contributed by atoms with van der Waals surface area (Å²) in [7, 11) is 0. The van der Waals surface area contributed by atoms with Gasteiger partial charge in [0.1, 0.15) is 0 Å². The minimum Gasteiger partial charge on any atom is -0.203 e. The van der Waals surface area contributed by atoms with Gasteiger partial charge in [-0.1, -0.05) is 38.8 Å². The first-order chi connectivity index (χ1) is 8.13. The Morgan fingerprint density at radius 3 is 2.29 bits per heavy atom. The highest BCUT2D eigenvalue weighted by molar-refractivity contribution is 5.29. The molecule has 2 heteroatoms. The molecule has 0 radical (unpaired) electrons. The van der Waals surface area contributed by atoms with E-state index in [9.17, 15) is 8.78 Å². The molecule has 1 aromatic rings. The van der Waals surface area contributed by atoms with Crippen LogP contribution < -0.4 is 0 Å². The number of benzene rings is 1. The maximum absolute atomic E-state index is 14.0. The molecular formula is C15H20F2. The molecule has 0 atom stereocenters. The molecule has 2 rings (SSSR count). The molecule has 0 heterocycles. The fraction of sp³-hybridized carbons (Fsp3) is 0.600. The van der Waals surface area contributed by atoms with Crippen molar-refractivity contribution in [1.29, 1.82) is 0 Å². The summed E-state index contributed by atoms with van der Waals surface area (Å²) in [4.78, 5) is 0. The third-order valence-corrected chi connectivity index (χ3v) is 4.03. The number of rotatable bonds is 2. The zero-order valence-electron chi connectivity index (χ0n) is 10.6. The van der Waals surface area contributed by atoms with Crippen LogP contribution in [0.1, 0.15) is 56.6 Å². The van der Waals surface area contributed by atoms with Crippen LogP contribution in [0.15, 0.2) is 12.1 Å². The predicted octanol–water partition coefficient (Wildman–Crippen LogP) is 4.82. The van der Waals surface area contributed by atoms with Crippen LogP contribution in [0.25, 0.3) is 0 Å². The molecule has 17 heavy (non-hydrogen) atoms. The highest BCUT2D eigenvalue weighted by Crippen LogP contribution is 2.37. The van der Waals surface area contributed by atoms with Gasteiger partial charge in [-0.2, -0.15) is 0 Å². The number of hydrogen-bond acceptors (Lipinski definition) is 0. The zero-order valence-corrected chi connectivity index (χ0v) is 10.6. The van der Waals surface area contributed by atoms with Crippen LogP contribution in [0.4, 0.5) is 8.78 Å². The predicted molar refractivity (Wildman–Crippen MR) is 66.1 cm³/mol. The minimum absolute atomic E-state index is 0.214. The first kappa shape index (κ1) is 12.5. The van der Waals surface area contributed by atoms with Gasteiger partial charge in [0.25, 0.3) is 0 Å². The van der Waals surface area contributed by atoms with Crippen molar-refractivity contribution in [2.45, 2.75) is 51.9 Å². The van der Waals surface area contributed by atoms with E-state index in [0.29, 0.717) is 17.5 Å². The maximum atomic E-state index is 14.0. The second-order valence-corrected chi connectivity index (χ2v) is 5.25. The number of aryl methyl sites for hydroxylation is 1. The Kier molecular flexibility index (Phi) is 3.80. The van der Waals surface area contributed by atoms with Gasteiger partial charge in [0.2, 0.25) is 0 Å². The normalized spacial score (nSPS) is 24.9. The average Bonchev–Trinajstić information content (AvgIpc) is 2.34. The highest BCUT2D eigenvalue weighted by atomic mass is 19.2. The van der Waals surface area contributed by atoms with Gasteiger partial charge in [-0.3, -0.25) is 0 Å². The maximum Gasteiger partial charge on any atom is 0.162 e. The standard InChI is InChI=1S/C15H20F2/c1-3-11-8-9-13(15(17)14(11)16)12-6-4-10(2)5-7-12/h8-10,12H,3-7H2,1-2H3. The molecule has 0 N–H and O–H groups in total.